The zero-order valence-corrected chi connectivity index (χ0v) is 10.9. The first kappa shape index (κ1) is 17.5. The molecule has 0 heterocycles. The highest BCUT2D eigenvalue weighted by molar-refractivity contribution is 7.84. The number of nitrogens with zero attached hydrogens (tertiary/aromatic N) is 2. The van der Waals surface area contributed by atoms with Crippen molar-refractivity contribution in [2.45, 2.75) is 20.8 Å². The van der Waals surface area contributed by atoms with Crippen LogP contribution in [0.3, 0.4) is 0 Å². The third kappa shape index (κ3) is 2.63. The molecule has 1 amide bonds. The molecule has 0 aliphatic rings. The Morgan fingerprint density at radius 1 is 1.19 bits per heavy atom. The lowest BCUT2D eigenvalue weighted by atomic mass is 10.5. The third-order valence-electron chi connectivity index (χ3n) is 2.83. The van der Waals surface area contributed by atoms with Gasteiger partial charge in [0, 0.05) is 7.05 Å². The summed E-state index contributed by atoms with van der Waals surface area (Å²) in [6.45, 7) is 6.27. The van der Waals surface area contributed by atoms with Crippen LogP contribution in [0.5, 0.6) is 0 Å². The van der Waals surface area contributed by atoms with E-state index in [9.17, 15) is 13.2 Å². The maximum Gasteiger partial charge on any atom is 0.425 e. The predicted octanol–water partition coefficient (Wildman–Crippen LogP) is 0.541. The number of carboxylic acid groups (broad SMARTS) is 1. The lowest BCUT2D eigenvalue weighted by Crippen LogP contribution is -2.58. The zero-order chi connectivity index (χ0) is 12.3. The molecule has 0 bridgehead atoms. The van der Waals surface area contributed by atoms with Crippen molar-refractivity contribution in [3.8, 4) is 0 Å². The first-order valence-electron chi connectivity index (χ1n) is 4.87. The number of hydrogen-bond donors (Lipinski definition) is 1. The molecule has 0 saturated carbocycles. The number of hydrogen-bond acceptors (Lipinski definition) is 4. The fraction of sp³-hybridized carbons (Fsp3) is 0.875. The summed E-state index contributed by atoms with van der Waals surface area (Å²) in [5.74, 6) is 0. The van der Waals surface area contributed by atoms with Crippen LogP contribution in [0.15, 0.2) is 0 Å². The summed E-state index contributed by atoms with van der Waals surface area (Å²) >= 11 is 0. The monoisotopic (exact) mass is 256 g/mol. The van der Waals surface area contributed by atoms with Crippen LogP contribution in [0.1, 0.15) is 20.8 Å². The van der Waals surface area contributed by atoms with Gasteiger partial charge in [-0.1, -0.05) is 0 Å². The lowest BCUT2D eigenvalue weighted by molar-refractivity contribution is -0.802. The topological polar surface area (TPSA) is 105 Å². The smallest absolute Gasteiger partial charge is 0.425 e. The van der Waals surface area contributed by atoms with Crippen molar-refractivity contribution in [1.82, 2.24) is 4.31 Å². The van der Waals surface area contributed by atoms with Gasteiger partial charge >= 0.3 is 16.3 Å². The van der Waals surface area contributed by atoms with E-state index >= 15 is 0 Å². The number of amides is 1. The molecular formula is C8H20N2O5S. The first-order chi connectivity index (χ1) is 6.79. The van der Waals surface area contributed by atoms with Crippen LogP contribution < -0.4 is 0 Å². The summed E-state index contributed by atoms with van der Waals surface area (Å²) < 4.78 is 24.2. The maximum atomic E-state index is 12.0. The van der Waals surface area contributed by atoms with E-state index in [1.165, 1.54) is 0 Å². The Labute approximate surface area is 96.4 Å². The molecule has 0 spiro atoms. The van der Waals surface area contributed by atoms with Crippen molar-refractivity contribution in [2.75, 3.05) is 26.7 Å². The van der Waals surface area contributed by atoms with Crippen molar-refractivity contribution in [1.29, 1.82) is 0 Å². The summed E-state index contributed by atoms with van der Waals surface area (Å²) in [5, 5.41) is 8.70. The molecule has 0 radical (unpaired) electrons. The second-order valence-corrected chi connectivity index (χ2v) is 5.45. The van der Waals surface area contributed by atoms with Crippen molar-refractivity contribution >= 4 is 16.3 Å². The van der Waals surface area contributed by atoms with Gasteiger partial charge in [0.05, 0.1) is 19.6 Å². The van der Waals surface area contributed by atoms with Crippen molar-refractivity contribution in [3.63, 3.8) is 0 Å². The van der Waals surface area contributed by atoms with E-state index in [1.54, 1.807) is 20.8 Å². The molecule has 0 aliphatic carbocycles. The van der Waals surface area contributed by atoms with Crippen LogP contribution in [0.25, 0.3) is 0 Å². The Morgan fingerprint density at radius 2 is 1.50 bits per heavy atom. The summed E-state index contributed by atoms with van der Waals surface area (Å²) in [4.78, 5) is 10.7. The Kier molecular flexibility index (Phi) is 6.60. The molecule has 0 saturated heterocycles. The molecule has 0 aliphatic heterocycles. The highest BCUT2D eigenvalue weighted by Crippen LogP contribution is 2.18. The van der Waals surface area contributed by atoms with Crippen molar-refractivity contribution in [3.05, 3.63) is 0 Å². The quantitative estimate of drug-likeness (QED) is 0.723. The van der Waals surface area contributed by atoms with E-state index in [1.807, 2.05) is 0 Å². The standard InChI is InChI=1S/C8H18N2O4S.H2O/c1-5-10(6-2,7-3)15(13,14)9(4)8(11)12;/h5-7H2,1-4H3;1H2. The van der Waals surface area contributed by atoms with Gasteiger partial charge in [-0.3, -0.25) is 0 Å². The van der Waals surface area contributed by atoms with E-state index in [-0.39, 0.29) is 9.36 Å². The highest BCUT2D eigenvalue weighted by Gasteiger charge is 2.43. The van der Waals surface area contributed by atoms with Crippen LogP contribution in [0, 0.1) is 0 Å². The normalized spacial score (nSPS) is 11.8. The van der Waals surface area contributed by atoms with Gasteiger partial charge in [0.2, 0.25) is 0 Å². The second-order valence-electron chi connectivity index (χ2n) is 3.23. The fourth-order valence-corrected chi connectivity index (χ4v) is 3.21. The summed E-state index contributed by atoms with van der Waals surface area (Å²) in [7, 11) is -2.78. The van der Waals surface area contributed by atoms with Crippen LogP contribution in [-0.2, 0) is 10.2 Å². The molecule has 0 aromatic heterocycles. The van der Waals surface area contributed by atoms with Gasteiger partial charge in [0.1, 0.15) is 0 Å². The fourth-order valence-electron chi connectivity index (χ4n) is 1.52. The molecule has 0 fully saturated rings. The molecule has 0 aromatic rings. The van der Waals surface area contributed by atoms with E-state index in [0.717, 1.165) is 7.05 Å². The average molecular weight is 256 g/mol. The van der Waals surface area contributed by atoms with Crippen LogP contribution >= 0.6 is 0 Å². The van der Waals surface area contributed by atoms with Gasteiger partial charge in [0.15, 0.2) is 0 Å². The largest absolute Gasteiger partial charge is 0.870 e. The molecule has 0 unspecified atom stereocenters. The van der Waals surface area contributed by atoms with E-state index < -0.39 is 16.3 Å². The second kappa shape index (κ2) is 6.02. The van der Waals surface area contributed by atoms with E-state index in [4.69, 9.17) is 5.11 Å². The van der Waals surface area contributed by atoms with Gasteiger partial charge in [0.25, 0.3) is 0 Å². The average Bonchev–Trinajstić information content (AvgIpc) is 2.19. The summed E-state index contributed by atoms with van der Waals surface area (Å²) in [6, 6.07) is 0. The van der Waals surface area contributed by atoms with Crippen LogP contribution in [-0.4, -0.2) is 60.0 Å². The Morgan fingerprint density at radius 3 is 1.69 bits per heavy atom. The minimum atomic E-state index is -3.84. The Balaban J connectivity index is 0. The van der Waals surface area contributed by atoms with Gasteiger partial charge < -0.3 is 10.6 Å². The van der Waals surface area contributed by atoms with Crippen LogP contribution in [0.2, 0.25) is 0 Å². The summed E-state index contributed by atoms with van der Waals surface area (Å²) in [6.07, 6.45) is -1.45. The first-order valence-corrected chi connectivity index (χ1v) is 6.26. The van der Waals surface area contributed by atoms with Gasteiger partial charge in [-0.15, -0.1) is 0 Å². The molecule has 0 aromatic carbocycles. The minimum absolute atomic E-state index is 0. The van der Waals surface area contributed by atoms with Gasteiger partial charge in [-0.25, -0.2) is 8.68 Å². The number of quaternary nitrogens is 1. The molecular weight excluding hydrogens is 236 g/mol. The Hall–Kier alpha value is -0.860. The molecule has 7 nitrogen and oxygen atoms in total. The van der Waals surface area contributed by atoms with E-state index in [0.29, 0.717) is 23.9 Å². The summed E-state index contributed by atoms with van der Waals surface area (Å²) in [5.41, 5.74) is 0. The zero-order valence-electron chi connectivity index (χ0n) is 10.0. The van der Waals surface area contributed by atoms with Crippen LogP contribution in [0.4, 0.5) is 4.79 Å². The maximum absolute atomic E-state index is 12.0. The van der Waals surface area contributed by atoms with Gasteiger partial charge in [-0.2, -0.15) is 12.7 Å². The minimum Gasteiger partial charge on any atom is -0.870 e. The molecule has 0 rings (SSSR count). The molecule has 8 heteroatoms. The van der Waals surface area contributed by atoms with Gasteiger partial charge in [-0.05, 0) is 20.8 Å². The molecule has 0 atom stereocenters. The molecule has 98 valence electrons. The van der Waals surface area contributed by atoms with Crippen molar-refractivity contribution in [2.24, 2.45) is 0 Å². The van der Waals surface area contributed by atoms with Crippen molar-refractivity contribution < 1.29 is 27.7 Å². The molecule has 2 N–H and O–H groups in total. The van der Waals surface area contributed by atoms with E-state index in [2.05, 4.69) is 0 Å². The Bertz CT molecular complexity index is 315. The molecule has 16 heavy (non-hydrogen) atoms. The number of carbonyl (C=O) groups is 1. The highest BCUT2D eigenvalue weighted by atomic mass is 32.2. The lowest BCUT2D eigenvalue weighted by Gasteiger charge is -2.35. The SMILES string of the molecule is CC[N+](CC)(CC)S(=O)(=O)N(C)C(=O)O.[OH-]. The predicted molar refractivity (Wildman–Crippen MR) is 58.5 cm³/mol. The third-order valence-corrected chi connectivity index (χ3v) is 5.44. The number of rotatable bonds is 5.